The molecule has 1 heterocycles. The topological polar surface area (TPSA) is 106 Å². The van der Waals surface area contributed by atoms with E-state index < -0.39 is 17.6 Å². The highest BCUT2D eigenvalue weighted by Gasteiger charge is 2.15. The van der Waals surface area contributed by atoms with E-state index in [-0.39, 0.29) is 22.2 Å². The minimum Gasteiger partial charge on any atom is -0.505 e. The zero-order valence-electron chi connectivity index (χ0n) is 15.2. The van der Waals surface area contributed by atoms with Crippen molar-refractivity contribution in [1.82, 2.24) is 0 Å². The third-order valence-corrected chi connectivity index (χ3v) is 4.07. The van der Waals surface area contributed by atoms with Crippen LogP contribution < -0.4 is 10.7 Å². The maximum absolute atomic E-state index is 12.5. The second kappa shape index (κ2) is 7.79. The number of carbonyl (C=O) groups is 2. The van der Waals surface area contributed by atoms with Crippen molar-refractivity contribution >= 4 is 34.6 Å². The molecule has 28 heavy (non-hydrogen) atoms. The van der Waals surface area contributed by atoms with Crippen molar-refractivity contribution in [3.63, 3.8) is 0 Å². The normalized spacial score (nSPS) is 10.9. The summed E-state index contributed by atoms with van der Waals surface area (Å²) >= 11 is 0. The molecule has 0 aliphatic heterocycles. The summed E-state index contributed by atoms with van der Waals surface area (Å²) in [6.45, 7) is 1.86. The Morgan fingerprint density at radius 2 is 2.00 bits per heavy atom. The molecule has 2 N–H and O–H groups in total. The summed E-state index contributed by atoms with van der Waals surface area (Å²) in [5, 5.41) is 13.0. The highest BCUT2D eigenvalue weighted by atomic mass is 16.5. The standard InChI is InChI=1S/C21H17NO6/c1-12-6-8-17-15(10-12)19(24)13(11-28-17)7-9-18(23)22-16-5-3-4-14(20(16)25)21(26)27-2/h3-11,25H,1-2H3,(H,22,23)/b9-7+. The summed E-state index contributed by atoms with van der Waals surface area (Å²) in [7, 11) is 1.19. The monoisotopic (exact) mass is 379 g/mol. The summed E-state index contributed by atoms with van der Waals surface area (Å²) in [6, 6.07) is 9.56. The van der Waals surface area contributed by atoms with Gasteiger partial charge in [0.05, 0.1) is 23.7 Å². The Bertz CT molecular complexity index is 1160. The van der Waals surface area contributed by atoms with E-state index in [4.69, 9.17) is 4.42 Å². The van der Waals surface area contributed by atoms with Crippen LogP contribution in [0.5, 0.6) is 5.75 Å². The molecule has 0 bridgehead atoms. The van der Waals surface area contributed by atoms with Crippen molar-refractivity contribution in [3.05, 3.63) is 75.7 Å². The number of methoxy groups -OCH3 is 1. The predicted octanol–water partition coefficient (Wildman–Crippen LogP) is 3.25. The lowest BCUT2D eigenvalue weighted by molar-refractivity contribution is -0.111. The van der Waals surface area contributed by atoms with E-state index in [1.807, 2.05) is 13.0 Å². The van der Waals surface area contributed by atoms with Gasteiger partial charge in [-0.05, 0) is 37.3 Å². The predicted molar refractivity (Wildman–Crippen MR) is 104 cm³/mol. The second-order valence-corrected chi connectivity index (χ2v) is 6.04. The molecule has 0 atom stereocenters. The Kier molecular flexibility index (Phi) is 5.26. The van der Waals surface area contributed by atoms with Gasteiger partial charge in [0, 0.05) is 6.08 Å². The van der Waals surface area contributed by atoms with Crippen molar-refractivity contribution < 1.29 is 23.8 Å². The number of fused-ring (bicyclic) bond motifs is 1. The number of amides is 1. The van der Waals surface area contributed by atoms with Crippen LogP contribution >= 0.6 is 0 Å². The van der Waals surface area contributed by atoms with Gasteiger partial charge in [-0.3, -0.25) is 9.59 Å². The number of esters is 1. The van der Waals surface area contributed by atoms with Gasteiger partial charge in [-0.25, -0.2) is 4.79 Å². The number of hydrogen-bond acceptors (Lipinski definition) is 6. The number of aromatic hydroxyl groups is 1. The number of hydrogen-bond donors (Lipinski definition) is 2. The van der Waals surface area contributed by atoms with Gasteiger partial charge in [0.2, 0.25) is 5.91 Å². The van der Waals surface area contributed by atoms with E-state index in [1.165, 1.54) is 37.6 Å². The first kappa shape index (κ1) is 18.9. The lowest BCUT2D eigenvalue weighted by Gasteiger charge is -2.08. The Balaban J connectivity index is 1.83. The average molecular weight is 379 g/mol. The van der Waals surface area contributed by atoms with Gasteiger partial charge < -0.3 is 19.6 Å². The van der Waals surface area contributed by atoms with Crippen LogP contribution in [0.2, 0.25) is 0 Å². The smallest absolute Gasteiger partial charge is 0.341 e. The third-order valence-electron chi connectivity index (χ3n) is 4.07. The van der Waals surface area contributed by atoms with Crippen LogP contribution in [-0.2, 0) is 9.53 Å². The highest BCUT2D eigenvalue weighted by Crippen LogP contribution is 2.28. The SMILES string of the molecule is COC(=O)c1cccc(NC(=O)/C=C/c2coc3ccc(C)cc3c2=O)c1O. The lowest BCUT2D eigenvalue weighted by Crippen LogP contribution is -2.11. The molecule has 1 aromatic heterocycles. The number of ether oxygens (including phenoxy) is 1. The number of nitrogens with one attached hydrogen (secondary N) is 1. The molecule has 0 fully saturated rings. The maximum Gasteiger partial charge on any atom is 0.341 e. The molecule has 142 valence electrons. The zero-order valence-corrected chi connectivity index (χ0v) is 15.2. The van der Waals surface area contributed by atoms with Crippen LogP contribution in [0.15, 0.2) is 57.9 Å². The number of carbonyl (C=O) groups excluding carboxylic acids is 2. The first-order chi connectivity index (χ1) is 13.4. The molecule has 3 aromatic rings. The van der Waals surface area contributed by atoms with E-state index in [0.29, 0.717) is 11.0 Å². The van der Waals surface area contributed by atoms with Crippen LogP contribution in [0.3, 0.4) is 0 Å². The van der Waals surface area contributed by atoms with Crippen molar-refractivity contribution in [2.45, 2.75) is 6.92 Å². The van der Waals surface area contributed by atoms with Crippen molar-refractivity contribution in [2.24, 2.45) is 0 Å². The molecular formula is C21H17NO6. The fourth-order valence-electron chi connectivity index (χ4n) is 2.63. The summed E-state index contributed by atoms with van der Waals surface area (Å²) in [4.78, 5) is 36.3. The number of benzene rings is 2. The molecule has 7 heteroatoms. The minimum atomic E-state index is -0.729. The molecule has 0 aliphatic rings. The van der Waals surface area contributed by atoms with E-state index in [9.17, 15) is 19.5 Å². The van der Waals surface area contributed by atoms with Crippen LogP contribution in [0, 0.1) is 6.92 Å². The molecule has 0 radical (unpaired) electrons. The van der Waals surface area contributed by atoms with Crippen LogP contribution in [0.25, 0.3) is 17.0 Å². The van der Waals surface area contributed by atoms with Gasteiger partial charge in [0.1, 0.15) is 17.4 Å². The van der Waals surface area contributed by atoms with E-state index in [2.05, 4.69) is 10.1 Å². The Morgan fingerprint density at radius 1 is 1.21 bits per heavy atom. The van der Waals surface area contributed by atoms with Gasteiger partial charge in [0.15, 0.2) is 11.2 Å². The number of aryl methyl sites for hydroxylation is 1. The summed E-state index contributed by atoms with van der Waals surface area (Å²) in [5.74, 6) is -1.73. The molecule has 0 saturated heterocycles. The molecule has 3 rings (SSSR count). The number of para-hydroxylation sites is 1. The Hall–Kier alpha value is -3.87. The molecule has 0 aliphatic carbocycles. The van der Waals surface area contributed by atoms with Crippen LogP contribution in [-0.4, -0.2) is 24.1 Å². The van der Waals surface area contributed by atoms with E-state index >= 15 is 0 Å². The zero-order chi connectivity index (χ0) is 20.3. The molecule has 0 spiro atoms. The fraction of sp³-hybridized carbons (Fsp3) is 0.0952. The van der Waals surface area contributed by atoms with Crippen molar-refractivity contribution in [3.8, 4) is 5.75 Å². The number of phenols is 1. The first-order valence-electron chi connectivity index (χ1n) is 8.32. The van der Waals surface area contributed by atoms with Crippen LogP contribution in [0.4, 0.5) is 5.69 Å². The van der Waals surface area contributed by atoms with Gasteiger partial charge in [0.25, 0.3) is 0 Å². The lowest BCUT2D eigenvalue weighted by atomic mass is 10.1. The summed E-state index contributed by atoms with van der Waals surface area (Å²) in [6.07, 6.45) is 3.74. The molecule has 1 amide bonds. The largest absolute Gasteiger partial charge is 0.505 e. The third kappa shape index (κ3) is 3.78. The summed E-state index contributed by atoms with van der Waals surface area (Å²) in [5.41, 5.74) is 1.29. The molecule has 0 unspecified atom stereocenters. The van der Waals surface area contributed by atoms with Crippen molar-refractivity contribution in [1.29, 1.82) is 0 Å². The van der Waals surface area contributed by atoms with Crippen LogP contribution in [0.1, 0.15) is 21.5 Å². The Morgan fingerprint density at radius 3 is 2.75 bits per heavy atom. The molecule has 0 saturated carbocycles. The number of rotatable bonds is 4. The number of phenolic OH excluding ortho intramolecular Hbond substituents is 1. The quantitative estimate of drug-likeness (QED) is 0.409. The average Bonchev–Trinajstić information content (AvgIpc) is 2.69. The van der Waals surface area contributed by atoms with Gasteiger partial charge in [-0.2, -0.15) is 0 Å². The van der Waals surface area contributed by atoms with Crippen molar-refractivity contribution in [2.75, 3.05) is 12.4 Å². The second-order valence-electron chi connectivity index (χ2n) is 6.04. The maximum atomic E-state index is 12.5. The number of anilines is 1. The molecule has 2 aromatic carbocycles. The van der Waals surface area contributed by atoms with E-state index in [1.54, 1.807) is 12.1 Å². The first-order valence-corrected chi connectivity index (χ1v) is 8.32. The Labute approximate surface area is 159 Å². The van der Waals surface area contributed by atoms with Gasteiger partial charge >= 0.3 is 5.97 Å². The van der Waals surface area contributed by atoms with E-state index in [0.717, 1.165) is 11.6 Å². The highest BCUT2D eigenvalue weighted by molar-refractivity contribution is 6.04. The molecule has 7 nitrogen and oxygen atoms in total. The molecular weight excluding hydrogens is 362 g/mol. The fourth-order valence-corrected chi connectivity index (χ4v) is 2.63. The summed E-state index contributed by atoms with van der Waals surface area (Å²) < 4.78 is 10.00. The minimum absolute atomic E-state index is 0.0405. The van der Waals surface area contributed by atoms with Gasteiger partial charge in [-0.1, -0.05) is 17.7 Å². The van der Waals surface area contributed by atoms with Gasteiger partial charge in [-0.15, -0.1) is 0 Å².